The molecule has 0 heterocycles. The Hall–Kier alpha value is -1.07. The van der Waals surface area contributed by atoms with Crippen LogP contribution in [0.3, 0.4) is 0 Å². The Morgan fingerprint density at radius 3 is 2.35 bits per heavy atom. The molecule has 0 saturated heterocycles. The Morgan fingerprint density at radius 2 is 1.88 bits per heavy atom. The van der Waals surface area contributed by atoms with Gasteiger partial charge in [0.15, 0.2) is 11.3 Å². The fraction of sp³-hybridized carbons (Fsp3) is 0.364. The molecule has 0 aliphatic carbocycles. The molecule has 0 radical (unpaired) electrons. The molecule has 0 aliphatic rings. The van der Waals surface area contributed by atoms with Crippen LogP contribution in [0.25, 0.3) is 0 Å². The normalized spacial score (nSPS) is 15.4. The summed E-state index contributed by atoms with van der Waals surface area (Å²) < 4.78 is 37.5. The second-order valence-electron chi connectivity index (χ2n) is 3.89. The van der Waals surface area contributed by atoms with E-state index in [0.717, 1.165) is 0 Å². The number of carbonyl (C=O) groups is 1. The van der Waals surface area contributed by atoms with E-state index in [4.69, 9.17) is 17.3 Å². The van der Waals surface area contributed by atoms with Crippen LogP contribution in [-0.4, -0.2) is 17.5 Å². The van der Waals surface area contributed by atoms with Crippen LogP contribution < -0.4 is 5.73 Å². The molecule has 0 aromatic heterocycles. The first-order chi connectivity index (χ1) is 7.66. The maximum absolute atomic E-state index is 12.5. The molecule has 0 amide bonds. The number of hydrogen-bond donors (Lipinski definition) is 1. The number of carbonyl (C=O) groups excluding carboxylic acids is 1. The topological polar surface area (TPSA) is 43.1 Å². The molecule has 0 fully saturated rings. The van der Waals surface area contributed by atoms with E-state index in [-0.39, 0.29) is 5.02 Å². The minimum absolute atomic E-state index is 0.249. The van der Waals surface area contributed by atoms with Gasteiger partial charge in [0.05, 0.1) is 0 Å². The first kappa shape index (κ1) is 14.0. The molecule has 17 heavy (non-hydrogen) atoms. The molecule has 0 bridgehead atoms. The highest BCUT2D eigenvalue weighted by Crippen LogP contribution is 2.30. The van der Waals surface area contributed by atoms with Crippen molar-refractivity contribution in [1.29, 1.82) is 0 Å². The Balaban J connectivity index is 2.91. The van der Waals surface area contributed by atoms with E-state index < -0.39 is 23.9 Å². The highest BCUT2D eigenvalue weighted by molar-refractivity contribution is 6.31. The molecule has 1 aromatic rings. The van der Waals surface area contributed by atoms with Gasteiger partial charge in [0, 0.05) is 11.4 Å². The van der Waals surface area contributed by atoms with E-state index in [1.54, 1.807) is 12.1 Å². The molecule has 0 saturated carbocycles. The molecular formula is C11H11ClF3NO. The molecule has 1 atom stereocenters. The van der Waals surface area contributed by atoms with Crippen molar-refractivity contribution in [1.82, 2.24) is 0 Å². The van der Waals surface area contributed by atoms with E-state index in [9.17, 15) is 18.0 Å². The summed E-state index contributed by atoms with van der Waals surface area (Å²) in [6.07, 6.45) is -5.21. The van der Waals surface area contributed by atoms with Gasteiger partial charge in [0.2, 0.25) is 0 Å². The van der Waals surface area contributed by atoms with Gasteiger partial charge in [-0.3, -0.25) is 4.79 Å². The van der Waals surface area contributed by atoms with Gasteiger partial charge in [-0.2, -0.15) is 13.2 Å². The fourth-order valence-corrected chi connectivity index (χ4v) is 1.36. The second-order valence-corrected chi connectivity index (χ2v) is 4.30. The van der Waals surface area contributed by atoms with E-state index in [1.807, 2.05) is 0 Å². The number of benzene rings is 1. The van der Waals surface area contributed by atoms with Gasteiger partial charge >= 0.3 is 6.18 Å². The molecule has 2 nitrogen and oxygen atoms in total. The van der Waals surface area contributed by atoms with Crippen LogP contribution in [-0.2, 0) is 11.2 Å². The molecule has 94 valence electrons. The second kappa shape index (κ2) is 4.66. The molecule has 6 heteroatoms. The van der Waals surface area contributed by atoms with Crippen molar-refractivity contribution in [2.24, 2.45) is 5.73 Å². The minimum Gasteiger partial charge on any atom is -0.312 e. The Kier molecular flexibility index (Phi) is 3.84. The number of Topliss-reactive ketones (excluding diaryl/α,β-unsaturated/α-hetero) is 1. The van der Waals surface area contributed by atoms with Crippen LogP contribution >= 0.6 is 11.6 Å². The van der Waals surface area contributed by atoms with Crippen molar-refractivity contribution in [2.45, 2.75) is 25.1 Å². The fourth-order valence-electron chi connectivity index (χ4n) is 1.16. The molecule has 2 N–H and O–H groups in total. The molecule has 0 spiro atoms. The number of alkyl halides is 3. The number of rotatable bonds is 3. The standard InChI is InChI=1S/C11H11ClF3NO/c1-10(16,11(13,14)15)9(17)6-7-4-2-3-5-8(7)12/h2-5H,6,16H2,1H3. The maximum atomic E-state index is 12.5. The highest BCUT2D eigenvalue weighted by atomic mass is 35.5. The van der Waals surface area contributed by atoms with Crippen molar-refractivity contribution >= 4 is 17.4 Å². The number of halogens is 4. The zero-order chi connectivity index (χ0) is 13.3. The summed E-state index contributed by atoms with van der Waals surface area (Å²) in [5.41, 5.74) is 2.50. The highest BCUT2D eigenvalue weighted by Gasteiger charge is 2.53. The van der Waals surface area contributed by atoms with Crippen LogP contribution in [0.5, 0.6) is 0 Å². The Bertz CT molecular complexity index is 429. The third kappa shape index (κ3) is 2.98. The van der Waals surface area contributed by atoms with Crippen molar-refractivity contribution in [3.05, 3.63) is 34.9 Å². The van der Waals surface area contributed by atoms with E-state index in [2.05, 4.69) is 0 Å². The van der Waals surface area contributed by atoms with Gasteiger partial charge in [-0.1, -0.05) is 29.8 Å². The van der Waals surface area contributed by atoms with E-state index in [0.29, 0.717) is 12.5 Å². The monoisotopic (exact) mass is 265 g/mol. The molecular weight excluding hydrogens is 255 g/mol. The summed E-state index contributed by atoms with van der Waals surface area (Å²) in [6.45, 7) is 0.659. The predicted molar refractivity (Wildman–Crippen MR) is 58.8 cm³/mol. The van der Waals surface area contributed by atoms with Gasteiger partial charge in [-0.05, 0) is 18.6 Å². The maximum Gasteiger partial charge on any atom is 0.413 e. The van der Waals surface area contributed by atoms with Crippen LogP contribution in [0.4, 0.5) is 13.2 Å². The van der Waals surface area contributed by atoms with Crippen molar-refractivity contribution in [2.75, 3.05) is 0 Å². The van der Waals surface area contributed by atoms with Gasteiger partial charge < -0.3 is 5.73 Å². The van der Waals surface area contributed by atoms with E-state index in [1.165, 1.54) is 12.1 Å². The zero-order valence-corrected chi connectivity index (χ0v) is 9.77. The molecule has 0 aliphatic heterocycles. The summed E-state index contributed by atoms with van der Waals surface area (Å²) in [7, 11) is 0. The predicted octanol–water partition coefficient (Wildman–Crippen LogP) is 2.73. The third-order valence-corrected chi connectivity index (χ3v) is 2.85. The van der Waals surface area contributed by atoms with Crippen LogP contribution in [0.15, 0.2) is 24.3 Å². The van der Waals surface area contributed by atoms with Crippen LogP contribution in [0.2, 0.25) is 5.02 Å². The molecule has 1 aromatic carbocycles. The number of nitrogens with two attached hydrogens (primary N) is 1. The lowest BCUT2D eigenvalue weighted by atomic mass is 9.92. The SMILES string of the molecule is CC(N)(C(=O)Cc1ccccc1Cl)C(F)(F)F. The summed E-state index contributed by atoms with van der Waals surface area (Å²) >= 11 is 5.76. The largest absolute Gasteiger partial charge is 0.413 e. The average Bonchev–Trinajstić information content (AvgIpc) is 2.19. The van der Waals surface area contributed by atoms with Gasteiger partial charge in [0.1, 0.15) is 0 Å². The number of ketones is 1. The first-order valence-electron chi connectivity index (χ1n) is 4.78. The molecule has 1 unspecified atom stereocenters. The van der Waals surface area contributed by atoms with Crippen LogP contribution in [0.1, 0.15) is 12.5 Å². The lowest BCUT2D eigenvalue weighted by molar-refractivity contribution is -0.185. The van der Waals surface area contributed by atoms with Crippen molar-refractivity contribution in [3.63, 3.8) is 0 Å². The number of hydrogen-bond acceptors (Lipinski definition) is 2. The smallest absolute Gasteiger partial charge is 0.312 e. The van der Waals surface area contributed by atoms with Gasteiger partial charge in [-0.25, -0.2) is 0 Å². The lowest BCUT2D eigenvalue weighted by Crippen LogP contribution is -2.57. The molecule has 1 rings (SSSR count). The van der Waals surface area contributed by atoms with Crippen LogP contribution in [0, 0.1) is 0 Å². The Morgan fingerprint density at radius 1 is 1.35 bits per heavy atom. The zero-order valence-electron chi connectivity index (χ0n) is 9.01. The Labute approximate surface area is 102 Å². The summed E-state index contributed by atoms with van der Waals surface area (Å²) in [4.78, 5) is 11.5. The van der Waals surface area contributed by atoms with Gasteiger partial charge in [0.25, 0.3) is 0 Å². The van der Waals surface area contributed by atoms with Crippen molar-refractivity contribution < 1.29 is 18.0 Å². The van der Waals surface area contributed by atoms with E-state index >= 15 is 0 Å². The lowest BCUT2D eigenvalue weighted by Gasteiger charge is -2.26. The van der Waals surface area contributed by atoms with Crippen molar-refractivity contribution in [3.8, 4) is 0 Å². The summed E-state index contributed by atoms with van der Waals surface area (Å²) in [6, 6.07) is 6.22. The summed E-state index contributed by atoms with van der Waals surface area (Å²) in [5, 5.41) is 0.249. The average molecular weight is 266 g/mol. The third-order valence-electron chi connectivity index (χ3n) is 2.48. The first-order valence-corrected chi connectivity index (χ1v) is 5.16. The van der Waals surface area contributed by atoms with Gasteiger partial charge in [-0.15, -0.1) is 0 Å². The minimum atomic E-state index is -4.77. The quantitative estimate of drug-likeness (QED) is 0.913. The summed E-state index contributed by atoms with van der Waals surface area (Å²) in [5.74, 6) is -1.11.